The number of hydrogen-bond donors (Lipinski definition) is 0. The maximum atomic E-state index is 12.3. The molecule has 3 rings (SSSR count). The molecule has 0 saturated carbocycles. The van der Waals surface area contributed by atoms with E-state index in [2.05, 4.69) is 15.9 Å². The molecule has 0 aliphatic carbocycles. The molecule has 0 fully saturated rings. The second-order valence-electron chi connectivity index (χ2n) is 4.38. The lowest BCUT2D eigenvalue weighted by molar-refractivity contribution is 0.0731. The van der Waals surface area contributed by atoms with Crippen LogP contribution in [-0.4, -0.2) is 12.6 Å². The van der Waals surface area contributed by atoms with Gasteiger partial charge in [-0.2, -0.15) is 0 Å². The lowest BCUT2D eigenvalue weighted by atomic mass is 10.1. The smallest absolute Gasteiger partial charge is 0.347 e. The number of hydrogen-bond acceptors (Lipinski definition) is 3. The van der Waals surface area contributed by atoms with Gasteiger partial charge in [0.1, 0.15) is 17.1 Å². The summed E-state index contributed by atoms with van der Waals surface area (Å²) in [6.45, 7) is 0.590. The first-order chi connectivity index (χ1) is 9.63. The summed E-state index contributed by atoms with van der Waals surface area (Å²) in [7, 11) is 0. The molecule has 102 valence electrons. The Bertz CT molecular complexity index is 668. The molecule has 0 atom stereocenters. The Morgan fingerprint density at radius 3 is 2.75 bits per heavy atom. The van der Waals surface area contributed by atoms with Gasteiger partial charge in [0.2, 0.25) is 0 Å². The maximum absolute atomic E-state index is 12.3. The number of halogens is 2. The molecule has 0 bridgehead atoms. The highest BCUT2D eigenvalue weighted by Gasteiger charge is 2.23. The molecule has 1 aliphatic rings. The van der Waals surface area contributed by atoms with Gasteiger partial charge in [0.15, 0.2) is 0 Å². The van der Waals surface area contributed by atoms with Crippen LogP contribution in [0, 0.1) is 0 Å². The molecule has 1 heterocycles. The van der Waals surface area contributed by atoms with Gasteiger partial charge in [0.05, 0.1) is 6.61 Å². The van der Waals surface area contributed by atoms with Crippen molar-refractivity contribution in [3.05, 3.63) is 57.0 Å². The van der Waals surface area contributed by atoms with Gasteiger partial charge < -0.3 is 9.47 Å². The topological polar surface area (TPSA) is 35.5 Å². The normalized spacial score (nSPS) is 12.7. The number of carbonyl (C=O) groups is 1. The minimum Gasteiger partial charge on any atom is -0.492 e. The van der Waals surface area contributed by atoms with Gasteiger partial charge in [-0.15, -0.1) is 0 Å². The van der Waals surface area contributed by atoms with E-state index in [0.29, 0.717) is 28.7 Å². The van der Waals surface area contributed by atoms with Crippen LogP contribution in [0.5, 0.6) is 11.5 Å². The van der Waals surface area contributed by atoms with Crippen LogP contribution >= 0.6 is 27.5 Å². The highest BCUT2D eigenvalue weighted by molar-refractivity contribution is 9.10. The van der Waals surface area contributed by atoms with Crippen molar-refractivity contribution >= 4 is 33.5 Å². The number of esters is 1. The van der Waals surface area contributed by atoms with Crippen molar-refractivity contribution < 1.29 is 14.3 Å². The SMILES string of the molecule is O=C(Oc1ccc(Cl)cc1)c1cc(Br)cc2c1OCC2. The van der Waals surface area contributed by atoms with Crippen molar-refractivity contribution in [1.29, 1.82) is 0 Å². The Kier molecular flexibility index (Phi) is 3.68. The maximum Gasteiger partial charge on any atom is 0.347 e. The molecule has 3 nitrogen and oxygen atoms in total. The van der Waals surface area contributed by atoms with Crippen molar-refractivity contribution in [3.8, 4) is 11.5 Å². The molecular weight excluding hydrogens is 344 g/mol. The summed E-state index contributed by atoms with van der Waals surface area (Å²) in [6.07, 6.45) is 0.802. The molecule has 20 heavy (non-hydrogen) atoms. The molecular formula is C15H10BrClO3. The number of carbonyl (C=O) groups excluding carboxylic acids is 1. The van der Waals surface area contributed by atoms with Gasteiger partial charge in [0, 0.05) is 15.9 Å². The van der Waals surface area contributed by atoms with Crippen LogP contribution in [0.3, 0.4) is 0 Å². The van der Waals surface area contributed by atoms with Crippen LogP contribution in [-0.2, 0) is 6.42 Å². The molecule has 0 aromatic heterocycles. The van der Waals surface area contributed by atoms with E-state index in [4.69, 9.17) is 21.1 Å². The standard InChI is InChI=1S/C15H10BrClO3/c16-10-7-9-5-6-19-14(9)13(8-10)15(18)20-12-3-1-11(17)2-4-12/h1-4,7-8H,5-6H2. The number of ether oxygens (including phenoxy) is 2. The van der Waals surface area contributed by atoms with E-state index in [-0.39, 0.29) is 0 Å². The first-order valence-corrected chi connectivity index (χ1v) is 7.23. The van der Waals surface area contributed by atoms with Crippen LogP contribution in [0.15, 0.2) is 40.9 Å². The zero-order valence-electron chi connectivity index (χ0n) is 10.4. The number of rotatable bonds is 2. The Morgan fingerprint density at radius 2 is 2.00 bits per heavy atom. The van der Waals surface area contributed by atoms with Crippen molar-refractivity contribution in [2.75, 3.05) is 6.61 Å². The van der Waals surface area contributed by atoms with E-state index in [1.165, 1.54) is 0 Å². The molecule has 0 saturated heterocycles. The first-order valence-electron chi connectivity index (χ1n) is 6.06. The summed E-state index contributed by atoms with van der Waals surface area (Å²) in [5.74, 6) is 0.630. The van der Waals surface area contributed by atoms with Gasteiger partial charge in [-0.1, -0.05) is 27.5 Å². The van der Waals surface area contributed by atoms with Crippen molar-refractivity contribution in [2.45, 2.75) is 6.42 Å². The largest absolute Gasteiger partial charge is 0.492 e. The van der Waals surface area contributed by atoms with Gasteiger partial charge in [-0.05, 0) is 42.0 Å². The Morgan fingerprint density at radius 1 is 1.25 bits per heavy atom. The van der Waals surface area contributed by atoms with Crippen LogP contribution in [0.25, 0.3) is 0 Å². The summed E-state index contributed by atoms with van der Waals surface area (Å²) in [5, 5.41) is 0.594. The van der Waals surface area contributed by atoms with E-state index in [1.807, 2.05) is 6.07 Å². The van der Waals surface area contributed by atoms with E-state index in [9.17, 15) is 4.79 Å². The van der Waals surface area contributed by atoms with Gasteiger partial charge in [0.25, 0.3) is 0 Å². The quantitative estimate of drug-likeness (QED) is 0.598. The van der Waals surface area contributed by atoms with Gasteiger partial charge >= 0.3 is 5.97 Å². The third-order valence-corrected chi connectivity index (χ3v) is 3.70. The molecule has 0 radical (unpaired) electrons. The molecule has 0 amide bonds. The van der Waals surface area contributed by atoms with Crippen LogP contribution in [0.4, 0.5) is 0 Å². The number of benzene rings is 2. The molecule has 2 aromatic rings. The average Bonchev–Trinajstić information content (AvgIpc) is 2.88. The third kappa shape index (κ3) is 2.67. The molecule has 0 unspecified atom stereocenters. The Balaban J connectivity index is 1.89. The predicted molar refractivity (Wildman–Crippen MR) is 79.8 cm³/mol. The summed E-state index contributed by atoms with van der Waals surface area (Å²) in [6, 6.07) is 10.3. The highest BCUT2D eigenvalue weighted by atomic mass is 79.9. The Labute approximate surface area is 129 Å². The van der Waals surface area contributed by atoms with Crippen LogP contribution < -0.4 is 9.47 Å². The lowest BCUT2D eigenvalue weighted by Crippen LogP contribution is -2.10. The van der Waals surface area contributed by atoms with E-state index < -0.39 is 5.97 Å². The fourth-order valence-electron chi connectivity index (χ4n) is 2.09. The molecule has 5 heteroatoms. The lowest BCUT2D eigenvalue weighted by Gasteiger charge is -2.09. The molecule has 1 aliphatic heterocycles. The minimum absolute atomic E-state index is 0.432. The van der Waals surface area contributed by atoms with Crippen molar-refractivity contribution in [1.82, 2.24) is 0 Å². The first kappa shape index (κ1) is 13.5. The van der Waals surface area contributed by atoms with Crippen molar-refractivity contribution in [2.24, 2.45) is 0 Å². The predicted octanol–water partition coefficient (Wildman–Crippen LogP) is 4.26. The van der Waals surface area contributed by atoms with Gasteiger partial charge in [-0.25, -0.2) is 4.79 Å². The number of fused-ring (bicyclic) bond motifs is 1. The molecule has 2 aromatic carbocycles. The molecule has 0 N–H and O–H groups in total. The highest BCUT2D eigenvalue weighted by Crippen LogP contribution is 2.33. The van der Waals surface area contributed by atoms with E-state index in [1.54, 1.807) is 30.3 Å². The second-order valence-corrected chi connectivity index (χ2v) is 5.74. The fraction of sp³-hybridized carbons (Fsp3) is 0.133. The van der Waals surface area contributed by atoms with Crippen LogP contribution in [0.1, 0.15) is 15.9 Å². The van der Waals surface area contributed by atoms with Crippen molar-refractivity contribution in [3.63, 3.8) is 0 Å². The average molecular weight is 354 g/mol. The summed E-state index contributed by atoms with van der Waals surface area (Å²) in [4.78, 5) is 12.3. The second kappa shape index (κ2) is 5.46. The zero-order valence-corrected chi connectivity index (χ0v) is 12.7. The monoisotopic (exact) mass is 352 g/mol. The van der Waals surface area contributed by atoms with Gasteiger partial charge in [-0.3, -0.25) is 0 Å². The van der Waals surface area contributed by atoms with Crippen LogP contribution in [0.2, 0.25) is 5.02 Å². The summed E-state index contributed by atoms with van der Waals surface area (Å²) < 4.78 is 11.7. The Hall–Kier alpha value is -1.52. The van der Waals surface area contributed by atoms with E-state index in [0.717, 1.165) is 16.5 Å². The van der Waals surface area contributed by atoms with E-state index >= 15 is 0 Å². The minimum atomic E-state index is -0.438. The molecule has 0 spiro atoms. The zero-order chi connectivity index (χ0) is 14.1. The fourth-order valence-corrected chi connectivity index (χ4v) is 2.72. The third-order valence-electron chi connectivity index (χ3n) is 2.99. The summed E-state index contributed by atoms with van der Waals surface area (Å²) in [5.41, 5.74) is 1.45. The summed E-state index contributed by atoms with van der Waals surface area (Å²) >= 11 is 9.19.